The number of quaternary nitrogens is 1. The topological polar surface area (TPSA) is 48.0 Å². The quantitative estimate of drug-likeness (QED) is 0.589. The van der Waals surface area contributed by atoms with Gasteiger partial charge >= 0.3 is 0 Å². The van der Waals surface area contributed by atoms with E-state index in [2.05, 4.69) is 26.2 Å². The number of ether oxygens (including phenoxy) is 2. The van der Waals surface area contributed by atoms with Crippen LogP contribution >= 0.6 is 15.9 Å². The molecule has 2 N–H and O–H groups in total. The minimum absolute atomic E-state index is 0.134. The first-order chi connectivity index (χ1) is 13.2. The summed E-state index contributed by atoms with van der Waals surface area (Å²) in [6.07, 6.45) is 3.59. The van der Waals surface area contributed by atoms with E-state index in [1.54, 1.807) is 37.7 Å². The lowest BCUT2D eigenvalue weighted by molar-refractivity contribution is -0.686. The number of pyridine rings is 1. The minimum atomic E-state index is -0.282. The van der Waals surface area contributed by atoms with Gasteiger partial charge in [0.2, 0.25) is 0 Å². The van der Waals surface area contributed by atoms with Gasteiger partial charge in [-0.05, 0) is 46.3 Å². The minimum Gasteiger partial charge on any atom is -0.493 e. The first-order valence-electron chi connectivity index (χ1n) is 8.60. The van der Waals surface area contributed by atoms with Gasteiger partial charge in [-0.15, -0.1) is 0 Å². The SMILES string of the molecule is COc1cc(C[NH2+]Cc2ccncc2)cc(Br)c1OCc1ccccc1F. The van der Waals surface area contributed by atoms with Gasteiger partial charge in [-0.3, -0.25) is 4.98 Å². The number of halogens is 2. The normalized spacial score (nSPS) is 10.6. The summed E-state index contributed by atoms with van der Waals surface area (Å²) in [5.74, 6) is 0.904. The zero-order valence-corrected chi connectivity index (χ0v) is 16.6. The fraction of sp³-hybridized carbons (Fsp3) is 0.190. The summed E-state index contributed by atoms with van der Waals surface area (Å²) in [7, 11) is 1.60. The average Bonchev–Trinajstić information content (AvgIpc) is 2.69. The van der Waals surface area contributed by atoms with Gasteiger partial charge in [-0.25, -0.2) is 4.39 Å². The number of methoxy groups -OCH3 is 1. The summed E-state index contributed by atoms with van der Waals surface area (Å²) in [5, 5.41) is 2.20. The molecule has 4 nitrogen and oxygen atoms in total. The van der Waals surface area contributed by atoms with E-state index in [9.17, 15) is 4.39 Å². The number of nitrogens with two attached hydrogens (primary N) is 1. The molecular weight excluding hydrogens is 411 g/mol. The summed E-state index contributed by atoms with van der Waals surface area (Å²) in [5.41, 5.74) is 2.83. The molecule has 1 aromatic heterocycles. The van der Waals surface area contributed by atoms with Crippen molar-refractivity contribution >= 4 is 15.9 Å². The Kier molecular flexibility index (Phi) is 6.79. The van der Waals surface area contributed by atoms with Gasteiger partial charge in [0.1, 0.15) is 25.5 Å². The van der Waals surface area contributed by atoms with Gasteiger partial charge in [-0.2, -0.15) is 0 Å². The van der Waals surface area contributed by atoms with Crippen molar-refractivity contribution in [2.24, 2.45) is 0 Å². The summed E-state index contributed by atoms with van der Waals surface area (Å²) in [4.78, 5) is 4.03. The Balaban J connectivity index is 1.66. The zero-order valence-electron chi connectivity index (χ0n) is 15.0. The molecule has 0 atom stereocenters. The number of nitrogens with zero attached hydrogens (tertiary/aromatic N) is 1. The standard InChI is InChI=1S/C21H20BrFN2O2/c1-26-20-11-16(13-25-12-15-6-8-24-9-7-15)10-18(22)21(20)27-14-17-4-2-3-5-19(17)23/h2-11,25H,12-14H2,1H3/p+1. The maximum Gasteiger partial charge on any atom is 0.175 e. The maximum atomic E-state index is 13.8. The number of aromatic nitrogens is 1. The lowest BCUT2D eigenvalue weighted by Crippen LogP contribution is -2.80. The summed E-state index contributed by atoms with van der Waals surface area (Å²) in [6, 6.07) is 14.5. The molecule has 0 amide bonds. The van der Waals surface area contributed by atoms with Crippen LogP contribution in [0.2, 0.25) is 0 Å². The number of hydrogen-bond donors (Lipinski definition) is 1. The average molecular weight is 432 g/mol. The van der Waals surface area contributed by atoms with Crippen molar-refractivity contribution in [3.05, 3.63) is 87.9 Å². The van der Waals surface area contributed by atoms with Gasteiger partial charge in [0.15, 0.2) is 11.5 Å². The lowest BCUT2D eigenvalue weighted by Gasteiger charge is -2.14. The van der Waals surface area contributed by atoms with E-state index in [4.69, 9.17) is 9.47 Å². The molecule has 140 valence electrons. The first kappa shape index (κ1) is 19.3. The molecule has 0 radical (unpaired) electrons. The van der Waals surface area contributed by atoms with Crippen LogP contribution in [0.3, 0.4) is 0 Å². The Bertz CT molecular complexity index is 891. The molecule has 27 heavy (non-hydrogen) atoms. The predicted octanol–water partition coefficient (Wildman–Crippen LogP) is 3.83. The number of benzene rings is 2. The molecule has 0 fully saturated rings. The molecule has 2 aromatic carbocycles. The Morgan fingerprint density at radius 3 is 2.52 bits per heavy atom. The van der Waals surface area contributed by atoms with Crippen molar-refractivity contribution in [1.29, 1.82) is 0 Å². The highest BCUT2D eigenvalue weighted by Crippen LogP contribution is 2.37. The van der Waals surface area contributed by atoms with Crippen molar-refractivity contribution in [2.75, 3.05) is 7.11 Å². The highest BCUT2D eigenvalue weighted by Gasteiger charge is 2.13. The van der Waals surface area contributed by atoms with Gasteiger partial charge in [0, 0.05) is 29.1 Å². The van der Waals surface area contributed by atoms with E-state index in [1.807, 2.05) is 24.3 Å². The zero-order chi connectivity index (χ0) is 19.1. The van der Waals surface area contributed by atoms with Crippen molar-refractivity contribution in [3.63, 3.8) is 0 Å². The molecule has 6 heteroatoms. The van der Waals surface area contributed by atoms with Crippen molar-refractivity contribution in [3.8, 4) is 11.5 Å². The van der Waals surface area contributed by atoms with E-state index >= 15 is 0 Å². The Morgan fingerprint density at radius 2 is 1.78 bits per heavy atom. The molecule has 0 aliphatic rings. The second-order valence-electron chi connectivity index (χ2n) is 6.04. The van der Waals surface area contributed by atoms with Crippen LogP contribution in [-0.2, 0) is 19.7 Å². The summed E-state index contributed by atoms with van der Waals surface area (Å²) < 4.78 is 25.9. The molecule has 3 rings (SSSR count). The predicted molar refractivity (Wildman–Crippen MR) is 105 cm³/mol. The van der Waals surface area contributed by atoms with E-state index in [1.165, 1.54) is 11.6 Å². The second kappa shape index (κ2) is 9.48. The Hall–Kier alpha value is -2.44. The van der Waals surface area contributed by atoms with E-state index < -0.39 is 0 Å². The van der Waals surface area contributed by atoms with E-state index in [0.29, 0.717) is 17.1 Å². The van der Waals surface area contributed by atoms with Crippen LogP contribution in [0.5, 0.6) is 11.5 Å². The molecule has 0 saturated heterocycles. The molecule has 3 aromatic rings. The molecule has 0 aliphatic carbocycles. The van der Waals surface area contributed by atoms with Gasteiger partial charge < -0.3 is 14.8 Å². The van der Waals surface area contributed by atoms with Crippen LogP contribution in [0, 0.1) is 5.82 Å². The smallest absolute Gasteiger partial charge is 0.175 e. The van der Waals surface area contributed by atoms with Crippen LogP contribution in [0.4, 0.5) is 4.39 Å². The van der Waals surface area contributed by atoms with E-state index in [0.717, 1.165) is 23.1 Å². The van der Waals surface area contributed by atoms with Crippen molar-refractivity contribution in [1.82, 2.24) is 4.98 Å². The van der Waals surface area contributed by atoms with Gasteiger partial charge in [0.05, 0.1) is 11.6 Å². The van der Waals surface area contributed by atoms with E-state index in [-0.39, 0.29) is 12.4 Å². The van der Waals surface area contributed by atoms with Crippen molar-refractivity contribution in [2.45, 2.75) is 19.7 Å². The molecule has 0 spiro atoms. The number of rotatable bonds is 8. The Morgan fingerprint density at radius 1 is 1.04 bits per heavy atom. The van der Waals surface area contributed by atoms with Crippen LogP contribution in [0.15, 0.2) is 65.4 Å². The third-order valence-electron chi connectivity index (χ3n) is 4.13. The monoisotopic (exact) mass is 431 g/mol. The summed E-state index contributed by atoms with van der Waals surface area (Å²) >= 11 is 3.55. The second-order valence-corrected chi connectivity index (χ2v) is 6.90. The fourth-order valence-electron chi connectivity index (χ4n) is 2.72. The maximum absolute atomic E-state index is 13.8. The highest BCUT2D eigenvalue weighted by atomic mass is 79.9. The largest absolute Gasteiger partial charge is 0.493 e. The molecular formula is C21H21BrFN2O2+. The lowest BCUT2D eigenvalue weighted by atomic mass is 10.2. The molecule has 0 aliphatic heterocycles. The van der Waals surface area contributed by atoms with Gasteiger partial charge in [0.25, 0.3) is 0 Å². The third-order valence-corrected chi connectivity index (χ3v) is 4.72. The number of hydrogen-bond acceptors (Lipinski definition) is 3. The molecule has 0 bridgehead atoms. The highest BCUT2D eigenvalue weighted by molar-refractivity contribution is 9.10. The molecule has 0 unspecified atom stereocenters. The first-order valence-corrected chi connectivity index (χ1v) is 9.40. The molecule has 0 saturated carbocycles. The van der Waals surface area contributed by atoms with Crippen molar-refractivity contribution < 1.29 is 19.2 Å². The van der Waals surface area contributed by atoms with Crippen LogP contribution in [0.1, 0.15) is 16.7 Å². The third kappa shape index (κ3) is 5.28. The Labute approximate surface area is 166 Å². The van der Waals surface area contributed by atoms with Crippen LogP contribution in [0.25, 0.3) is 0 Å². The fourth-order valence-corrected chi connectivity index (χ4v) is 3.32. The van der Waals surface area contributed by atoms with Gasteiger partial charge in [-0.1, -0.05) is 18.2 Å². The van der Waals surface area contributed by atoms with Crippen LogP contribution < -0.4 is 14.8 Å². The summed E-state index contributed by atoms with van der Waals surface area (Å²) in [6.45, 7) is 1.80. The van der Waals surface area contributed by atoms with Crippen LogP contribution in [-0.4, -0.2) is 12.1 Å². The molecule has 1 heterocycles.